The smallest absolute Gasteiger partial charge is 0.220 e. The standard InChI is InChI=1S/C21H31N5O4S/c1-3-22-21(23-15-18-5-7-19(8-6-18)16-29-4-2)25-10-12-26(13-11-25)31(27,28)17-20-9-14-30-24-20/h5-9,14H,3-4,10-13,15-17H2,1-2H3,(H,22,23). The molecule has 170 valence electrons. The van der Waals surface area contributed by atoms with Gasteiger partial charge in [-0.25, -0.2) is 13.4 Å². The fraction of sp³-hybridized carbons (Fsp3) is 0.524. The molecule has 1 N–H and O–H groups in total. The lowest BCUT2D eigenvalue weighted by molar-refractivity contribution is 0.134. The van der Waals surface area contributed by atoms with Gasteiger partial charge in [0.2, 0.25) is 10.0 Å². The summed E-state index contributed by atoms with van der Waals surface area (Å²) in [6, 6.07) is 9.83. The zero-order valence-electron chi connectivity index (χ0n) is 18.2. The number of benzene rings is 1. The highest BCUT2D eigenvalue weighted by molar-refractivity contribution is 7.88. The highest BCUT2D eigenvalue weighted by Gasteiger charge is 2.28. The Morgan fingerprint density at radius 2 is 1.84 bits per heavy atom. The van der Waals surface area contributed by atoms with Gasteiger partial charge in [-0.15, -0.1) is 0 Å². The van der Waals surface area contributed by atoms with E-state index < -0.39 is 10.0 Å². The second-order valence-electron chi connectivity index (χ2n) is 7.26. The van der Waals surface area contributed by atoms with E-state index in [2.05, 4.69) is 39.6 Å². The summed E-state index contributed by atoms with van der Waals surface area (Å²) in [5.74, 6) is 0.658. The van der Waals surface area contributed by atoms with Crippen molar-refractivity contribution in [3.63, 3.8) is 0 Å². The molecule has 0 unspecified atom stereocenters. The van der Waals surface area contributed by atoms with Crippen LogP contribution in [0.5, 0.6) is 0 Å². The number of piperazine rings is 1. The van der Waals surface area contributed by atoms with Gasteiger partial charge >= 0.3 is 0 Å². The number of guanidine groups is 1. The van der Waals surface area contributed by atoms with E-state index in [1.165, 1.54) is 10.6 Å². The van der Waals surface area contributed by atoms with Crippen LogP contribution in [0.25, 0.3) is 0 Å². The molecule has 0 bridgehead atoms. The van der Waals surface area contributed by atoms with E-state index in [0.29, 0.717) is 51.6 Å². The Morgan fingerprint density at radius 1 is 1.13 bits per heavy atom. The van der Waals surface area contributed by atoms with Crippen molar-refractivity contribution in [1.29, 1.82) is 0 Å². The first-order valence-corrected chi connectivity index (χ1v) is 12.2. The molecular weight excluding hydrogens is 418 g/mol. The topological polar surface area (TPSA) is 100 Å². The molecule has 0 radical (unpaired) electrons. The second kappa shape index (κ2) is 11.3. The molecule has 1 fully saturated rings. The second-order valence-corrected chi connectivity index (χ2v) is 9.23. The molecule has 0 saturated carbocycles. The van der Waals surface area contributed by atoms with Crippen molar-refractivity contribution in [3.05, 3.63) is 53.4 Å². The van der Waals surface area contributed by atoms with Crippen LogP contribution in [0.3, 0.4) is 0 Å². The fourth-order valence-corrected chi connectivity index (χ4v) is 4.75. The van der Waals surface area contributed by atoms with Crippen LogP contribution in [0.2, 0.25) is 0 Å². The maximum absolute atomic E-state index is 12.6. The van der Waals surface area contributed by atoms with Crippen LogP contribution >= 0.6 is 0 Å². The Kier molecular flexibility index (Phi) is 8.44. The zero-order valence-corrected chi connectivity index (χ0v) is 19.0. The van der Waals surface area contributed by atoms with Gasteiger partial charge in [-0.05, 0) is 25.0 Å². The molecule has 1 saturated heterocycles. The van der Waals surface area contributed by atoms with E-state index in [-0.39, 0.29) is 5.75 Å². The largest absolute Gasteiger partial charge is 0.377 e. The Morgan fingerprint density at radius 3 is 2.45 bits per heavy atom. The van der Waals surface area contributed by atoms with Crippen LogP contribution in [0.1, 0.15) is 30.7 Å². The van der Waals surface area contributed by atoms with Crippen LogP contribution in [0.4, 0.5) is 0 Å². The molecule has 0 aliphatic carbocycles. The molecule has 10 heteroatoms. The monoisotopic (exact) mass is 449 g/mol. The number of nitrogens with zero attached hydrogens (tertiary/aromatic N) is 4. The molecule has 1 aliphatic heterocycles. The third-order valence-corrected chi connectivity index (χ3v) is 6.81. The van der Waals surface area contributed by atoms with Crippen molar-refractivity contribution in [2.75, 3.05) is 39.3 Å². The molecule has 3 rings (SSSR count). The van der Waals surface area contributed by atoms with Gasteiger partial charge in [-0.3, -0.25) is 0 Å². The van der Waals surface area contributed by atoms with Crippen molar-refractivity contribution >= 4 is 16.0 Å². The van der Waals surface area contributed by atoms with E-state index >= 15 is 0 Å². The predicted molar refractivity (Wildman–Crippen MR) is 119 cm³/mol. The van der Waals surface area contributed by atoms with Crippen molar-refractivity contribution in [1.82, 2.24) is 19.7 Å². The lowest BCUT2D eigenvalue weighted by Gasteiger charge is -2.35. The predicted octanol–water partition coefficient (Wildman–Crippen LogP) is 1.82. The summed E-state index contributed by atoms with van der Waals surface area (Å²) in [7, 11) is -3.42. The molecule has 2 heterocycles. The summed E-state index contributed by atoms with van der Waals surface area (Å²) < 4.78 is 36.9. The normalized spacial score (nSPS) is 15.9. The first-order valence-electron chi connectivity index (χ1n) is 10.6. The number of aromatic nitrogens is 1. The van der Waals surface area contributed by atoms with Gasteiger partial charge in [0.25, 0.3) is 0 Å². The summed E-state index contributed by atoms with van der Waals surface area (Å²) in [5, 5.41) is 7.03. The van der Waals surface area contributed by atoms with Crippen molar-refractivity contribution in [2.24, 2.45) is 4.99 Å². The zero-order chi connectivity index (χ0) is 22.1. The van der Waals surface area contributed by atoms with Gasteiger partial charge in [0.05, 0.1) is 18.8 Å². The average molecular weight is 450 g/mol. The van der Waals surface area contributed by atoms with Crippen molar-refractivity contribution in [3.8, 4) is 0 Å². The van der Waals surface area contributed by atoms with Crippen molar-refractivity contribution in [2.45, 2.75) is 32.8 Å². The Bertz CT molecular complexity index is 921. The number of hydrogen-bond donors (Lipinski definition) is 1. The maximum atomic E-state index is 12.6. The third kappa shape index (κ3) is 6.78. The maximum Gasteiger partial charge on any atom is 0.220 e. The molecule has 9 nitrogen and oxygen atoms in total. The molecule has 0 spiro atoms. The van der Waals surface area contributed by atoms with Crippen molar-refractivity contribution < 1.29 is 17.7 Å². The summed E-state index contributed by atoms with van der Waals surface area (Å²) in [4.78, 5) is 6.86. The number of ether oxygens (including phenoxy) is 1. The Balaban J connectivity index is 1.57. The highest BCUT2D eigenvalue weighted by Crippen LogP contribution is 2.13. The summed E-state index contributed by atoms with van der Waals surface area (Å²) in [6.45, 7) is 8.62. The number of aliphatic imine (C=N–C) groups is 1. The molecule has 31 heavy (non-hydrogen) atoms. The van der Waals surface area contributed by atoms with Crippen LogP contribution in [-0.2, 0) is 33.7 Å². The quantitative estimate of drug-likeness (QED) is 0.460. The third-order valence-electron chi connectivity index (χ3n) is 5.00. The van der Waals surface area contributed by atoms with E-state index in [0.717, 1.165) is 23.6 Å². The first-order chi connectivity index (χ1) is 15.0. The fourth-order valence-electron chi connectivity index (χ4n) is 3.32. The van der Waals surface area contributed by atoms with Crippen LogP contribution < -0.4 is 5.32 Å². The highest BCUT2D eigenvalue weighted by atomic mass is 32.2. The molecule has 1 aromatic carbocycles. The molecule has 0 atom stereocenters. The average Bonchev–Trinajstić information content (AvgIpc) is 3.28. The van der Waals surface area contributed by atoms with Crippen LogP contribution in [0.15, 0.2) is 46.1 Å². The Labute approximate surface area is 184 Å². The number of hydrogen-bond acceptors (Lipinski definition) is 6. The van der Waals surface area contributed by atoms with E-state index in [9.17, 15) is 8.42 Å². The number of sulfonamides is 1. The minimum atomic E-state index is -3.42. The minimum absolute atomic E-state index is 0.142. The molecule has 1 aromatic heterocycles. The number of rotatable bonds is 9. The van der Waals surface area contributed by atoms with Crippen LogP contribution in [-0.4, -0.2) is 68.1 Å². The lowest BCUT2D eigenvalue weighted by Crippen LogP contribution is -2.53. The molecular formula is C21H31N5O4S. The van der Waals surface area contributed by atoms with Gasteiger partial charge in [0.1, 0.15) is 12.0 Å². The SMILES string of the molecule is CCNC(=NCc1ccc(COCC)cc1)N1CCN(S(=O)(=O)Cc2ccon2)CC1. The van der Waals surface area contributed by atoms with Crippen LogP contribution in [0, 0.1) is 0 Å². The first kappa shape index (κ1) is 23.2. The van der Waals surface area contributed by atoms with Gasteiger partial charge in [-0.2, -0.15) is 4.31 Å². The number of nitrogens with one attached hydrogen (secondary N) is 1. The van der Waals surface area contributed by atoms with E-state index in [4.69, 9.17) is 14.3 Å². The minimum Gasteiger partial charge on any atom is -0.377 e. The van der Waals surface area contributed by atoms with Gasteiger partial charge in [-0.1, -0.05) is 29.4 Å². The van der Waals surface area contributed by atoms with E-state index in [1.54, 1.807) is 6.07 Å². The lowest BCUT2D eigenvalue weighted by atomic mass is 10.1. The summed E-state index contributed by atoms with van der Waals surface area (Å²) in [5.41, 5.74) is 2.68. The van der Waals surface area contributed by atoms with E-state index in [1.807, 2.05) is 13.8 Å². The summed E-state index contributed by atoms with van der Waals surface area (Å²) >= 11 is 0. The molecule has 2 aromatic rings. The summed E-state index contributed by atoms with van der Waals surface area (Å²) in [6.07, 6.45) is 1.38. The molecule has 0 amide bonds. The van der Waals surface area contributed by atoms with Gasteiger partial charge in [0, 0.05) is 45.4 Å². The Hall–Kier alpha value is -2.43. The molecule has 1 aliphatic rings. The van der Waals surface area contributed by atoms with Gasteiger partial charge in [0.15, 0.2) is 5.96 Å². The van der Waals surface area contributed by atoms with Gasteiger partial charge < -0.3 is 19.5 Å².